The summed E-state index contributed by atoms with van der Waals surface area (Å²) >= 11 is 0. The van der Waals surface area contributed by atoms with E-state index in [0.717, 1.165) is 6.54 Å². The highest BCUT2D eigenvalue weighted by atomic mass is 16.3. The summed E-state index contributed by atoms with van der Waals surface area (Å²) in [5.41, 5.74) is 3.74. The van der Waals surface area contributed by atoms with E-state index < -0.39 is 0 Å². The molecule has 102 valence electrons. The van der Waals surface area contributed by atoms with E-state index in [-0.39, 0.29) is 6.10 Å². The van der Waals surface area contributed by atoms with Crippen LogP contribution in [0.15, 0.2) is 60.8 Å². The van der Waals surface area contributed by atoms with Crippen LogP contribution in [0.3, 0.4) is 0 Å². The first kappa shape index (κ1) is 12.9. The highest BCUT2D eigenvalue weighted by Gasteiger charge is 2.07. The van der Waals surface area contributed by atoms with E-state index >= 15 is 0 Å². The minimum atomic E-state index is -0.307. The Kier molecular flexibility index (Phi) is 3.57. The minimum Gasteiger partial charge on any atom is -0.393 e. The number of nitrogens with zero attached hydrogens (tertiary/aromatic N) is 1. The second kappa shape index (κ2) is 5.51. The van der Waals surface area contributed by atoms with Crippen molar-refractivity contribution in [1.29, 1.82) is 0 Å². The Morgan fingerprint density at radius 1 is 1.00 bits per heavy atom. The second-order valence-corrected chi connectivity index (χ2v) is 5.33. The van der Waals surface area contributed by atoms with Crippen molar-refractivity contribution in [2.45, 2.75) is 26.0 Å². The van der Waals surface area contributed by atoms with Crippen LogP contribution in [0.4, 0.5) is 0 Å². The maximum atomic E-state index is 9.60. The molecule has 1 N–H and O–H groups in total. The highest BCUT2D eigenvalue weighted by molar-refractivity contribution is 5.83. The number of aliphatic hydroxyl groups excluding tert-OH is 1. The molecule has 2 heteroatoms. The largest absolute Gasteiger partial charge is 0.393 e. The lowest BCUT2D eigenvalue weighted by Crippen LogP contribution is -2.04. The third kappa shape index (κ3) is 2.61. The number of fused-ring (bicyclic) bond motifs is 1. The van der Waals surface area contributed by atoms with Gasteiger partial charge >= 0.3 is 0 Å². The summed E-state index contributed by atoms with van der Waals surface area (Å²) in [7, 11) is 0. The molecule has 1 aromatic heterocycles. The SMILES string of the molecule is CC(O)Cc1cccc2c1ccn2Cc1ccccc1. The monoisotopic (exact) mass is 265 g/mol. The average molecular weight is 265 g/mol. The van der Waals surface area contributed by atoms with E-state index in [1.54, 1.807) is 0 Å². The second-order valence-electron chi connectivity index (χ2n) is 5.33. The Bertz CT molecular complexity index is 698. The summed E-state index contributed by atoms with van der Waals surface area (Å²) < 4.78 is 2.26. The van der Waals surface area contributed by atoms with Crippen molar-refractivity contribution >= 4 is 10.9 Å². The van der Waals surface area contributed by atoms with Crippen LogP contribution < -0.4 is 0 Å². The zero-order valence-electron chi connectivity index (χ0n) is 11.7. The zero-order valence-corrected chi connectivity index (χ0v) is 11.7. The lowest BCUT2D eigenvalue weighted by Gasteiger charge is -2.08. The fourth-order valence-electron chi connectivity index (χ4n) is 2.70. The van der Waals surface area contributed by atoms with Gasteiger partial charge in [-0.05, 0) is 36.6 Å². The first-order chi connectivity index (χ1) is 9.74. The molecule has 0 bridgehead atoms. The molecule has 0 spiro atoms. The van der Waals surface area contributed by atoms with Crippen LogP contribution in [0.2, 0.25) is 0 Å². The molecule has 2 aromatic carbocycles. The van der Waals surface area contributed by atoms with Gasteiger partial charge < -0.3 is 9.67 Å². The topological polar surface area (TPSA) is 25.2 Å². The summed E-state index contributed by atoms with van der Waals surface area (Å²) in [6, 6.07) is 18.9. The van der Waals surface area contributed by atoms with E-state index in [0.29, 0.717) is 6.42 Å². The van der Waals surface area contributed by atoms with Crippen LogP contribution in [0.1, 0.15) is 18.1 Å². The van der Waals surface area contributed by atoms with Crippen LogP contribution in [-0.2, 0) is 13.0 Å². The summed E-state index contributed by atoms with van der Waals surface area (Å²) in [5, 5.41) is 10.8. The third-order valence-corrected chi connectivity index (χ3v) is 3.62. The molecule has 1 unspecified atom stereocenters. The van der Waals surface area contributed by atoms with Crippen molar-refractivity contribution in [3.8, 4) is 0 Å². The predicted octanol–water partition coefficient (Wildman–Crippen LogP) is 3.61. The molecular weight excluding hydrogens is 246 g/mol. The van der Waals surface area contributed by atoms with Crippen LogP contribution in [0, 0.1) is 0 Å². The van der Waals surface area contributed by atoms with Crippen molar-refractivity contribution in [3.63, 3.8) is 0 Å². The van der Waals surface area contributed by atoms with E-state index in [9.17, 15) is 5.11 Å². The first-order valence-corrected chi connectivity index (χ1v) is 7.03. The smallest absolute Gasteiger partial charge is 0.0552 e. The lowest BCUT2D eigenvalue weighted by atomic mass is 10.0. The quantitative estimate of drug-likeness (QED) is 0.766. The molecule has 0 fully saturated rings. The van der Waals surface area contributed by atoms with Crippen molar-refractivity contribution in [1.82, 2.24) is 4.57 Å². The van der Waals surface area contributed by atoms with E-state index in [1.165, 1.54) is 22.0 Å². The normalized spacial score (nSPS) is 12.7. The van der Waals surface area contributed by atoms with Gasteiger partial charge in [-0.2, -0.15) is 0 Å². The standard InChI is InChI=1S/C18H19NO/c1-14(20)12-16-8-5-9-18-17(16)10-11-19(18)13-15-6-3-2-4-7-15/h2-11,14,20H,12-13H2,1H3. The molecule has 0 aliphatic rings. The van der Waals surface area contributed by atoms with Crippen molar-refractivity contribution in [2.24, 2.45) is 0 Å². The van der Waals surface area contributed by atoms with E-state index in [2.05, 4.69) is 59.3 Å². The summed E-state index contributed by atoms with van der Waals surface area (Å²) in [4.78, 5) is 0. The Balaban J connectivity index is 1.97. The molecule has 1 heterocycles. The van der Waals surface area contributed by atoms with E-state index in [1.807, 2.05) is 13.0 Å². The molecule has 0 amide bonds. The van der Waals surface area contributed by atoms with Gasteiger partial charge in [0, 0.05) is 23.6 Å². The summed E-state index contributed by atoms with van der Waals surface area (Å²) in [5.74, 6) is 0. The Morgan fingerprint density at radius 2 is 1.80 bits per heavy atom. The van der Waals surface area contributed by atoms with Crippen LogP contribution in [-0.4, -0.2) is 15.8 Å². The van der Waals surface area contributed by atoms with Gasteiger partial charge in [-0.25, -0.2) is 0 Å². The predicted molar refractivity (Wildman–Crippen MR) is 82.9 cm³/mol. The maximum Gasteiger partial charge on any atom is 0.0552 e. The van der Waals surface area contributed by atoms with Crippen molar-refractivity contribution in [2.75, 3.05) is 0 Å². The van der Waals surface area contributed by atoms with Crippen LogP contribution >= 0.6 is 0 Å². The van der Waals surface area contributed by atoms with Crippen LogP contribution in [0.5, 0.6) is 0 Å². The summed E-state index contributed by atoms with van der Waals surface area (Å²) in [6.45, 7) is 2.71. The third-order valence-electron chi connectivity index (χ3n) is 3.62. The number of hydrogen-bond donors (Lipinski definition) is 1. The Morgan fingerprint density at radius 3 is 2.55 bits per heavy atom. The molecular formula is C18H19NO. The van der Waals surface area contributed by atoms with Crippen molar-refractivity contribution < 1.29 is 5.11 Å². The number of aromatic nitrogens is 1. The van der Waals surface area contributed by atoms with Gasteiger partial charge in [-0.1, -0.05) is 42.5 Å². The highest BCUT2D eigenvalue weighted by Crippen LogP contribution is 2.22. The zero-order chi connectivity index (χ0) is 13.9. The molecule has 0 aliphatic heterocycles. The Labute approximate surface area is 119 Å². The minimum absolute atomic E-state index is 0.307. The van der Waals surface area contributed by atoms with Gasteiger partial charge in [0.1, 0.15) is 0 Å². The van der Waals surface area contributed by atoms with Gasteiger partial charge in [0.25, 0.3) is 0 Å². The molecule has 0 radical (unpaired) electrons. The molecule has 1 atom stereocenters. The maximum absolute atomic E-state index is 9.60. The van der Waals surface area contributed by atoms with Gasteiger partial charge in [0.05, 0.1) is 6.10 Å². The summed E-state index contributed by atoms with van der Waals surface area (Å²) in [6.07, 6.45) is 2.52. The molecule has 0 saturated carbocycles. The Hall–Kier alpha value is -2.06. The van der Waals surface area contributed by atoms with Gasteiger partial charge in [-0.15, -0.1) is 0 Å². The van der Waals surface area contributed by atoms with Crippen LogP contribution in [0.25, 0.3) is 10.9 Å². The molecule has 3 rings (SSSR count). The molecule has 3 aromatic rings. The molecule has 0 aliphatic carbocycles. The first-order valence-electron chi connectivity index (χ1n) is 7.03. The number of benzene rings is 2. The fourth-order valence-corrected chi connectivity index (χ4v) is 2.70. The molecule has 20 heavy (non-hydrogen) atoms. The number of aliphatic hydroxyl groups is 1. The molecule has 2 nitrogen and oxygen atoms in total. The van der Waals surface area contributed by atoms with Crippen molar-refractivity contribution in [3.05, 3.63) is 71.9 Å². The van der Waals surface area contributed by atoms with E-state index in [4.69, 9.17) is 0 Å². The number of hydrogen-bond acceptors (Lipinski definition) is 1. The van der Waals surface area contributed by atoms with Gasteiger partial charge in [0.15, 0.2) is 0 Å². The molecule has 0 saturated heterocycles. The lowest BCUT2D eigenvalue weighted by molar-refractivity contribution is 0.196. The average Bonchev–Trinajstić information content (AvgIpc) is 2.84. The van der Waals surface area contributed by atoms with Gasteiger partial charge in [0.2, 0.25) is 0 Å². The number of rotatable bonds is 4. The fraction of sp³-hybridized carbons (Fsp3) is 0.222. The van der Waals surface area contributed by atoms with Gasteiger partial charge in [-0.3, -0.25) is 0 Å².